The van der Waals surface area contributed by atoms with Gasteiger partial charge in [-0.25, -0.2) is 8.42 Å². The van der Waals surface area contributed by atoms with Gasteiger partial charge in [-0.05, 0) is 12.8 Å². The highest BCUT2D eigenvalue weighted by Crippen LogP contribution is 2.24. The van der Waals surface area contributed by atoms with Crippen molar-refractivity contribution in [2.45, 2.75) is 37.0 Å². The number of rotatable bonds is 3. The van der Waals surface area contributed by atoms with E-state index in [4.69, 9.17) is 0 Å². The van der Waals surface area contributed by atoms with Gasteiger partial charge < -0.3 is 10.4 Å². The Bertz CT molecular complexity index is 455. The molecule has 0 aromatic heterocycles. The van der Waals surface area contributed by atoms with Crippen LogP contribution < -0.4 is 10.0 Å². The second kappa shape index (κ2) is 4.85. The second-order valence-electron chi connectivity index (χ2n) is 4.71. The third kappa shape index (κ3) is 2.49. The summed E-state index contributed by atoms with van der Waals surface area (Å²) in [5, 5.41) is 11.2. The average molecular weight is 276 g/mol. The van der Waals surface area contributed by atoms with Crippen molar-refractivity contribution in [2.24, 2.45) is 5.92 Å². The molecule has 0 radical (unpaired) electrons. The van der Waals surface area contributed by atoms with Gasteiger partial charge in [-0.2, -0.15) is 0 Å². The van der Waals surface area contributed by atoms with Crippen LogP contribution in [0.3, 0.4) is 0 Å². The lowest BCUT2D eigenvalue weighted by Crippen LogP contribution is -2.45. The van der Waals surface area contributed by atoms with Crippen LogP contribution in [0.2, 0.25) is 0 Å². The van der Waals surface area contributed by atoms with Gasteiger partial charge in [-0.3, -0.25) is 14.3 Å². The van der Waals surface area contributed by atoms with Crippen LogP contribution in [0.5, 0.6) is 0 Å². The van der Waals surface area contributed by atoms with Crippen LogP contribution in [0.25, 0.3) is 0 Å². The molecule has 102 valence electrons. The molecule has 0 aromatic carbocycles. The highest BCUT2D eigenvalue weighted by molar-refractivity contribution is 7.90. The molecule has 7 nitrogen and oxygen atoms in total. The summed E-state index contributed by atoms with van der Waals surface area (Å²) in [6, 6.07) is 0. The minimum atomic E-state index is -3.73. The first-order valence-corrected chi connectivity index (χ1v) is 7.47. The van der Waals surface area contributed by atoms with E-state index in [0.717, 1.165) is 12.8 Å². The Morgan fingerprint density at radius 1 is 1.33 bits per heavy atom. The molecule has 2 amide bonds. The standard InChI is InChI=1S/C10H16N2O5S/c13-7-5-11-9(14)8(7)10(15)12-18(16,17)6-3-1-2-4-6/h6-8,13H,1-5H2,(H,11,14)(H,12,15). The molecule has 0 bridgehead atoms. The number of hydrogen-bond donors (Lipinski definition) is 3. The first-order chi connectivity index (χ1) is 8.42. The third-order valence-electron chi connectivity index (χ3n) is 3.42. The van der Waals surface area contributed by atoms with Crippen LogP contribution in [0.15, 0.2) is 0 Å². The van der Waals surface area contributed by atoms with Gasteiger partial charge in [0, 0.05) is 6.54 Å². The molecular weight excluding hydrogens is 260 g/mol. The summed E-state index contributed by atoms with van der Waals surface area (Å²) in [4.78, 5) is 23.0. The molecule has 2 aliphatic rings. The van der Waals surface area contributed by atoms with Gasteiger partial charge in [0.1, 0.15) is 5.92 Å². The minimum absolute atomic E-state index is 0.0274. The van der Waals surface area contributed by atoms with Gasteiger partial charge in [0.2, 0.25) is 21.8 Å². The molecule has 18 heavy (non-hydrogen) atoms. The molecule has 0 aromatic rings. The highest BCUT2D eigenvalue weighted by Gasteiger charge is 2.41. The molecular formula is C10H16N2O5S. The Balaban J connectivity index is 2.04. The fourth-order valence-electron chi connectivity index (χ4n) is 2.39. The van der Waals surface area contributed by atoms with E-state index in [9.17, 15) is 23.1 Å². The van der Waals surface area contributed by atoms with E-state index in [1.165, 1.54) is 0 Å². The van der Waals surface area contributed by atoms with Gasteiger partial charge >= 0.3 is 0 Å². The smallest absolute Gasteiger partial charge is 0.248 e. The molecule has 2 fully saturated rings. The zero-order chi connectivity index (χ0) is 13.3. The number of aliphatic hydroxyl groups excluding tert-OH is 1. The minimum Gasteiger partial charge on any atom is -0.390 e. The Kier molecular flexibility index (Phi) is 3.58. The summed E-state index contributed by atoms with van der Waals surface area (Å²) in [6.07, 6.45) is 1.54. The van der Waals surface area contributed by atoms with Crippen molar-refractivity contribution in [1.29, 1.82) is 0 Å². The molecule has 0 spiro atoms. The lowest BCUT2D eigenvalue weighted by Gasteiger charge is -2.15. The lowest BCUT2D eigenvalue weighted by molar-refractivity contribution is -0.134. The number of amides is 2. The van der Waals surface area contributed by atoms with E-state index in [0.29, 0.717) is 12.8 Å². The Morgan fingerprint density at radius 2 is 1.94 bits per heavy atom. The lowest BCUT2D eigenvalue weighted by atomic mass is 10.1. The van der Waals surface area contributed by atoms with Crippen LogP contribution in [-0.4, -0.2) is 43.2 Å². The molecule has 2 rings (SSSR count). The number of β-amino-alcohol motifs (C(OH)–C–C–N with tert-alkyl or cyclic N) is 1. The fourth-order valence-corrected chi connectivity index (χ4v) is 3.92. The number of carbonyl (C=O) groups excluding carboxylic acids is 2. The van der Waals surface area contributed by atoms with Gasteiger partial charge in [0.25, 0.3) is 0 Å². The van der Waals surface area contributed by atoms with Gasteiger partial charge in [0.05, 0.1) is 11.4 Å². The van der Waals surface area contributed by atoms with Crippen LogP contribution >= 0.6 is 0 Å². The molecule has 2 unspecified atom stereocenters. The summed E-state index contributed by atoms with van der Waals surface area (Å²) in [7, 11) is -3.73. The number of aliphatic hydroxyl groups is 1. The van der Waals surface area contributed by atoms with Crippen molar-refractivity contribution in [3.8, 4) is 0 Å². The predicted octanol–water partition coefficient (Wildman–Crippen LogP) is -1.52. The summed E-state index contributed by atoms with van der Waals surface area (Å²) in [5.74, 6) is -2.91. The Labute approximate surface area is 105 Å². The molecule has 1 saturated heterocycles. The van der Waals surface area contributed by atoms with Crippen molar-refractivity contribution in [3.05, 3.63) is 0 Å². The molecule has 3 N–H and O–H groups in total. The van der Waals surface area contributed by atoms with E-state index in [1.54, 1.807) is 0 Å². The third-order valence-corrected chi connectivity index (χ3v) is 5.25. The monoisotopic (exact) mass is 276 g/mol. The van der Waals surface area contributed by atoms with E-state index in [-0.39, 0.29) is 6.54 Å². The van der Waals surface area contributed by atoms with Crippen molar-refractivity contribution < 1.29 is 23.1 Å². The predicted molar refractivity (Wildman–Crippen MR) is 61.8 cm³/mol. The Hall–Kier alpha value is -1.15. The van der Waals surface area contributed by atoms with Crippen LogP contribution in [0.1, 0.15) is 25.7 Å². The van der Waals surface area contributed by atoms with Crippen LogP contribution in [0.4, 0.5) is 0 Å². The van der Waals surface area contributed by atoms with Gasteiger partial charge in [-0.1, -0.05) is 12.8 Å². The van der Waals surface area contributed by atoms with Crippen molar-refractivity contribution >= 4 is 21.8 Å². The van der Waals surface area contributed by atoms with E-state index >= 15 is 0 Å². The first kappa shape index (κ1) is 13.3. The largest absolute Gasteiger partial charge is 0.390 e. The van der Waals surface area contributed by atoms with Gasteiger partial charge in [0.15, 0.2) is 0 Å². The maximum Gasteiger partial charge on any atom is 0.248 e. The molecule has 1 heterocycles. The van der Waals surface area contributed by atoms with Crippen LogP contribution in [-0.2, 0) is 19.6 Å². The Morgan fingerprint density at radius 3 is 2.44 bits per heavy atom. The molecule has 8 heteroatoms. The first-order valence-electron chi connectivity index (χ1n) is 5.93. The quantitative estimate of drug-likeness (QED) is 0.542. The zero-order valence-corrected chi connectivity index (χ0v) is 10.6. The fraction of sp³-hybridized carbons (Fsp3) is 0.800. The number of nitrogens with one attached hydrogen (secondary N) is 2. The normalized spacial score (nSPS) is 29.3. The number of sulfonamides is 1. The van der Waals surface area contributed by atoms with Gasteiger partial charge in [-0.15, -0.1) is 0 Å². The van der Waals surface area contributed by atoms with Crippen molar-refractivity contribution in [3.63, 3.8) is 0 Å². The highest BCUT2D eigenvalue weighted by atomic mass is 32.2. The molecule has 2 atom stereocenters. The molecule has 1 aliphatic heterocycles. The SMILES string of the molecule is O=C1NCC(O)C1C(=O)NS(=O)(=O)C1CCCC1. The van der Waals surface area contributed by atoms with E-state index < -0.39 is 39.1 Å². The molecule has 1 aliphatic carbocycles. The average Bonchev–Trinajstić information content (AvgIpc) is 2.88. The summed E-state index contributed by atoms with van der Waals surface area (Å²) >= 11 is 0. The summed E-state index contributed by atoms with van der Waals surface area (Å²) < 4.78 is 25.6. The molecule has 1 saturated carbocycles. The van der Waals surface area contributed by atoms with Crippen molar-refractivity contribution in [1.82, 2.24) is 10.0 Å². The van der Waals surface area contributed by atoms with E-state index in [2.05, 4.69) is 5.32 Å². The van der Waals surface area contributed by atoms with Crippen molar-refractivity contribution in [2.75, 3.05) is 6.54 Å². The van der Waals surface area contributed by atoms with E-state index in [1.807, 2.05) is 4.72 Å². The second-order valence-corrected chi connectivity index (χ2v) is 6.67. The van der Waals surface area contributed by atoms with Crippen LogP contribution in [0, 0.1) is 5.92 Å². The number of hydrogen-bond acceptors (Lipinski definition) is 5. The maximum atomic E-state index is 11.9. The maximum absolute atomic E-state index is 11.9. The zero-order valence-electron chi connectivity index (χ0n) is 9.76. The topological polar surface area (TPSA) is 113 Å². The number of carbonyl (C=O) groups is 2. The summed E-state index contributed by atoms with van der Waals surface area (Å²) in [5.41, 5.74) is 0. The summed E-state index contributed by atoms with van der Waals surface area (Å²) in [6.45, 7) is -0.0274.